The molecule has 0 unspecified atom stereocenters. The van der Waals surface area contributed by atoms with Gasteiger partial charge in [-0.05, 0) is 26.3 Å². The quantitative estimate of drug-likeness (QED) is 0.773. The minimum Gasteiger partial charge on any atom is -0.397 e. The smallest absolute Gasteiger partial charge is 0.0551 e. The van der Waals surface area contributed by atoms with Crippen molar-refractivity contribution >= 4 is 11.4 Å². The number of nitrogens with zero attached hydrogens (tertiary/aromatic N) is 1. The molecule has 14 heavy (non-hydrogen) atoms. The van der Waals surface area contributed by atoms with E-state index in [2.05, 4.69) is 31.1 Å². The Kier molecular flexibility index (Phi) is 3.33. The molecule has 1 aromatic heterocycles. The van der Waals surface area contributed by atoms with Crippen molar-refractivity contribution in [3.63, 3.8) is 0 Å². The first-order chi connectivity index (χ1) is 6.53. The first-order valence-electron chi connectivity index (χ1n) is 5.02. The van der Waals surface area contributed by atoms with Crippen LogP contribution in [0.25, 0.3) is 0 Å². The fourth-order valence-corrected chi connectivity index (χ4v) is 1.60. The number of nitrogen functional groups attached to an aromatic ring is 1. The van der Waals surface area contributed by atoms with E-state index in [1.54, 1.807) is 12.4 Å². The van der Waals surface area contributed by atoms with Gasteiger partial charge in [0.25, 0.3) is 0 Å². The van der Waals surface area contributed by atoms with Crippen LogP contribution in [0.3, 0.4) is 0 Å². The van der Waals surface area contributed by atoms with Crippen molar-refractivity contribution in [2.24, 2.45) is 0 Å². The summed E-state index contributed by atoms with van der Waals surface area (Å²) < 4.78 is 0. The summed E-state index contributed by atoms with van der Waals surface area (Å²) in [6.45, 7) is 6.54. The molecular weight excluding hydrogens is 174 g/mol. The number of aromatic nitrogens is 1. The lowest BCUT2D eigenvalue weighted by molar-refractivity contribution is 0.511. The predicted octanol–water partition coefficient (Wildman–Crippen LogP) is 2.65. The van der Waals surface area contributed by atoms with Crippen LogP contribution in [0.2, 0.25) is 0 Å². The van der Waals surface area contributed by atoms with E-state index in [4.69, 9.17) is 5.73 Å². The minimum absolute atomic E-state index is 0.101. The molecule has 3 heteroatoms. The summed E-state index contributed by atoms with van der Waals surface area (Å²) in [7, 11) is 0. The van der Waals surface area contributed by atoms with Crippen molar-refractivity contribution in [3.8, 4) is 0 Å². The molecule has 1 rings (SSSR count). The SMILES string of the molecule is CCCC(C)(C)Nc1cncc(N)c1. The van der Waals surface area contributed by atoms with Crippen LogP contribution in [0.15, 0.2) is 18.5 Å². The lowest BCUT2D eigenvalue weighted by atomic mass is 9.99. The maximum absolute atomic E-state index is 5.65. The van der Waals surface area contributed by atoms with E-state index >= 15 is 0 Å². The largest absolute Gasteiger partial charge is 0.397 e. The topological polar surface area (TPSA) is 50.9 Å². The molecule has 0 aliphatic carbocycles. The molecule has 0 aliphatic rings. The van der Waals surface area contributed by atoms with Crippen molar-refractivity contribution in [2.75, 3.05) is 11.1 Å². The van der Waals surface area contributed by atoms with Crippen LogP contribution in [0, 0.1) is 0 Å². The third-order valence-electron chi connectivity index (χ3n) is 2.12. The molecule has 0 amide bonds. The van der Waals surface area contributed by atoms with Crippen molar-refractivity contribution < 1.29 is 0 Å². The zero-order chi connectivity index (χ0) is 10.6. The van der Waals surface area contributed by atoms with Crippen LogP contribution in [0.1, 0.15) is 33.6 Å². The van der Waals surface area contributed by atoms with Gasteiger partial charge >= 0.3 is 0 Å². The Morgan fingerprint density at radius 2 is 2.14 bits per heavy atom. The Labute approximate surface area is 85.7 Å². The lowest BCUT2D eigenvalue weighted by Crippen LogP contribution is -2.30. The first kappa shape index (κ1) is 10.8. The zero-order valence-electron chi connectivity index (χ0n) is 9.17. The minimum atomic E-state index is 0.101. The fourth-order valence-electron chi connectivity index (χ4n) is 1.60. The predicted molar refractivity (Wildman–Crippen MR) is 61.3 cm³/mol. The van der Waals surface area contributed by atoms with E-state index in [9.17, 15) is 0 Å². The van der Waals surface area contributed by atoms with Gasteiger partial charge < -0.3 is 11.1 Å². The van der Waals surface area contributed by atoms with Gasteiger partial charge in [0, 0.05) is 11.7 Å². The van der Waals surface area contributed by atoms with E-state index in [0.29, 0.717) is 5.69 Å². The molecule has 3 N–H and O–H groups in total. The molecule has 0 radical (unpaired) electrons. The van der Waals surface area contributed by atoms with Gasteiger partial charge in [-0.1, -0.05) is 13.3 Å². The van der Waals surface area contributed by atoms with Crippen molar-refractivity contribution in [2.45, 2.75) is 39.2 Å². The average molecular weight is 193 g/mol. The maximum Gasteiger partial charge on any atom is 0.0551 e. The Bertz CT molecular complexity index is 294. The van der Waals surface area contributed by atoms with Gasteiger partial charge in [0.05, 0.1) is 17.6 Å². The van der Waals surface area contributed by atoms with Crippen LogP contribution in [0.4, 0.5) is 11.4 Å². The van der Waals surface area contributed by atoms with Gasteiger partial charge in [-0.2, -0.15) is 0 Å². The molecule has 0 spiro atoms. The summed E-state index contributed by atoms with van der Waals surface area (Å²) in [6, 6.07) is 1.91. The summed E-state index contributed by atoms with van der Waals surface area (Å²) in [5.41, 5.74) is 7.44. The van der Waals surface area contributed by atoms with Gasteiger partial charge in [-0.3, -0.25) is 4.98 Å². The number of nitrogens with one attached hydrogen (secondary N) is 1. The molecule has 0 saturated carbocycles. The monoisotopic (exact) mass is 193 g/mol. The molecular formula is C11H19N3. The standard InChI is InChI=1S/C11H19N3/c1-4-5-11(2,3)14-10-6-9(12)7-13-8-10/h6-8,14H,4-5,12H2,1-3H3. The number of anilines is 2. The molecule has 0 atom stereocenters. The van der Waals surface area contributed by atoms with Gasteiger partial charge in [0.15, 0.2) is 0 Å². The molecule has 1 heterocycles. The lowest BCUT2D eigenvalue weighted by Gasteiger charge is -2.27. The Balaban J connectivity index is 2.68. The van der Waals surface area contributed by atoms with Gasteiger partial charge in [-0.25, -0.2) is 0 Å². The third-order valence-corrected chi connectivity index (χ3v) is 2.12. The number of pyridine rings is 1. The highest BCUT2D eigenvalue weighted by molar-refractivity contribution is 5.52. The zero-order valence-corrected chi connectivity index (χ0v) is 9.17. The second-order valence-electron chi connectivity index (χ2n) is 4.27. The van der Waals surface area contributed by atoms with E-state index in [0.717, 1.165) is 18.5 Å². The highest BCUT2D eigenvalue weighted by Crippen LogP contribution is 2.19. The van der Waals surface area contributed by atoms with Gasteiger partial charge in [0.1, 0.15) is 0 Å². The van der Waals surface area contributed by atoms with E-state index < -0.39 is 0 Å². The van der Waals surface area contributed by atoms with Crippen LogP contribution in [-0.4, -0.2) is 10.5 Å². The van der Waals surface area contributed by atoms with Crippen molar-refractivity contribution in [1.29, 1.82) is 0 Å². The molecule has 0 aromatic carbocycles. The molecule has 0 aliphatic heterocycles. The number of hydrogen-bond acceptors (Lipinski definition) is 3. The molecule has 3 nitrogen and oxygen atoms in total. The highest BCUT2D eigenvalue weighted by atomic mass is 15.0. The van der Waals surface area contributed by atoms with Gasteiger partial charge in [-0.15, -0.1) is 0 Å². The molecule has 0 bridgehead atoms. The number of hydrogen-bond donors (Lipinski definition) is 2. The highest BCUT2D eigenvalue weighted by Gasteiger charge is 2.15. The second kappa shape index (κ2) is 4.31. The maximum atomic E-state index is 5.65. The number of nitrogens with two attached hydrogens (primary N) is 1. The number of rotatable bonds is 4. The van der Waals surface area contributed by atoms with Crippen molar-refractivity contribution in [3.05, 3.63) is 18.5 Å². The molecule has 0 fully saturated rings. The molecule has 1 aromatic rings. The first-order valence-corrected chi connectivity index (χ1v) is 5.02. The fraction of sp³-hybridized carbons (Fsp3) is 0.545. The van der Waals surface area contributed by atoms with E-state index in [-0.39, 0.29) is 5.54 Å². The van der Waals surface area contributed by atoms with E-state index in [1.807, 2.05) is 6.07 Å². The molecule has 78 valence electrons. The Morgan fingerprint density at radius 3 is 2.71 bits per heavy atom. The van der Waals surface area contributed by atoms with E-state index in [1.165, 1.54) is 0 Å². The summed E-state index contributed by atoms with van der Waals surface area (Å²) in [4.78, 5) is 4.04. The summed E-state index contributed by atoms with van der Waals surface area (Å²) in [6.07, 6.45) is 5.74. The summed E-state index contributed by atoms with van der Waals surface area (Å²) in [5, 5.41) is 3.42. The second-order valence-corrected chi connectivity index (χ2v) is 4.27. The molecule has 0 saturated heterocycles. The average Bonchev–Trinajstić information content (AvgIpc) is 2.02. The van der Waals surface area contributed by atoms with Gasteiger partial charge in [0.2, 0.25) is 0 Å². The summed E-state index contributed by atoms with van der Waals surface area (Å²) >= 11 is 0. The van der Waals surface area contributed by atoms with Crippen LogP contribution < -0.4 is 11.1 Å². The van der Waals surface area contributed by atoms with Crippen LogP contribution >= 0.6 is 0 Å². The van der Waals surface area contributed by atoms with Crippen molar-refractivity contribution in [1.82, 2.24) is 4.98 Å². The third kappa shape index (κ3) is 3.24. The normalized spacial score (nSPS) is 11.4. The van der Waals surface area contributed by atoms with Crippen LogP contribution in [0.5, 0.6) is 0 Å². The summed E-state index contributed by atoms with van der Waals surface area (Å²) in [5.74, 6) is 0. The Morgan fingerprint density at radius 1 is 1.43 bits per heavy atom. The van der Waals surface area contributed by atoms with Crippen LogP contribution in [-0.2, 0) is 0 Å². The Hall–Kier alpha value is -1.25.